The molecule has 3 rings (SSSR count). The van der Waals surface area contributed by atoms with Crippen molar-refractivity contribution in [3.05, 3.63) is 22.7 Å². The highest BCUT2D eigenvalue weighted by molar-refractivity contribution is 9.10. The average molecular weight is 333 g/mol. The molecule has 1 fully saturated rings. The number of aromatic nitrogens is 2. The molecule has 0 aromatic carbocycles. The van der Waals surface area contributed by atoms with Crippen molar-refractivity contribution >= 4 is 25.8 Å². The van der Waals surface area contributed by atoms with Crippen molar-refractivity contribution in [1.29, 1.82) is 0 Å². The van der Waals surface area contributed by atoms with E-state index in [0.29, 0.717) is 28.6 Å². The van der Waals surface area contributed by atoms with E-state index in [1.165, 1.54) is 0 Å². The molecule has 1 saturated heterocycles. The van der Waals surface area contributed by atoms with Gasteiger partial charge in [-0.15, -0.1) is 0 Å². The van der Waals surface area contributed by atoms with Gasteiger partial charge < -0.3 is 8.94 Å². The SMILES string of the molecule is O=S1(=O)CC[C@@H](c2nc(-c3ccc(Br)o3)no2)C1. The van der Waals surface area contributed by atoms with Gasteiger partial charge in [0.25, 0.3) is 0 Å². The zero-order valence-electron chi connectivity index (χ0n) is 9.17. The molecule has 6 nitrogen and oxygen atoms in total. The van der Waals surface area contributed by atoms with Crippen LogP contribution in [0.2, 0.25) is 0 Å². The van der Waals surface area contributed by atoms with E-state index in [4.69, 9.17) is 8.94 Å². The van der Waals surface area contributed by atoms with Crippen molar-refractivity contribution in [1.82, 2.24) is 10.1 Å². The number of rotatable bonds is 2. The third-order valence-corrected chi connectivity index (χ3v) is 5.01. The van der Waals surface area contributed by atoms with Gasteiger partial charge in [-0.2, -0.15) is 4.98 Å². The minimum Gasteiger partial charge on any atom is -0.446 e. The van der Waals surface area contributed by atoms with Crippen LogP contribution in [0.25, 0.3) is 11.6 Å². The first kappa shape index (κ1) is 11.9. The zero-order valence-corrected chi connectivity index (χ0v) is 11.6. The standard InChI is InChI=1S/C10H9BrN2O4S/c11-8-2-1-7(16-8)9-12-10(17-13-9)6-3-4-18(14,15)5-6/h1-2,6H,3-5H2/t6-/m1/s1. The molecule has 96 valence electrons. The normalized spacial score (nSPS) is 22.4. The van der Waals surface area contributed by atoms with E-state index < -0.39 is 9.84 Å². The average Bonchev–Trinajstić information content (AvgIpc) is 2.96. The van der Waals surface area contributed by atoms with Crippen molar-refractivity contribution in [3.63, 3.8) is 0 Å². The first-order valence-corrected chi connectivity index (χ1v) is 7.95. The highest BCUT2D eigenvalue weighted by Gasteiger charge is 2.33. The molecule has 2 aromatic rings. The Morgan fingerprint density at radius 3 is 2.83 bits per heavy atom. The Morgan fingerprint density at radius 1 is 1.39 bits per heavy atom. The smallest absolute Gasteiger partial charge is 0.238 e. The highest BCUT2D eigenvalue weighted by Crippen LogP contribution is 2.30. The monoisotopic (exact) mass is 332 g/mol. The van der Waals surface area contributed by atoms with Crippen LogP contribution in [0.15, 0.2) is 25.7 Å². The van der Waals surface area contributed by atoms with Crippen molar-refractivity contribution < 1.29 is 17.4 Å². The topological polar surface area (TPSA) is 86.2 Å². The Morgan fingerprint density at radius 2 is 2.22 bits per heavy atom. The maximum absolute atomic E-state index is 11.4. The van der Waals surface area contributed by atoms with Crippen LogP contribution < -0.4 is 0 Å². The maximum atomic E-state index is 11.4. The predicted molar refractivity (Wildman–Crippen MR) is 65.7 cm³/mol. The van der Waals surface area contributed by atoms with Crippen LogP contribution in [0.5, 0.6) is 0 Å². The van der Waals surface area contributed by atoms with Gasteiger partial charge in [-0.05, 0) is 34.5 Å². The lowest BCUT2D eigenvalue weighted by molar-refractivity contribution is 0.360. The van der Waals surface area contributed by atoms with Gasteiger partial charge >= 0.3 is 0 Å². The number of nitrogens with zero attached hydrogens (tertiary/aromatic N) is 2. The molecule has 0 bridgehead atoms. The first-order chi connectivity index (χ1) is 8.53. The van der Waals surface area contributed by atoms with E-state index in [2.05, 4.69) is 26.1 Å². The van der Waals surface area contributed by atoms with Gasteiger partial charge in [-0.25, -0.2) is 8.42 Å². The molecule has 0 amide bonds. The van der Waals surface area contributed by atoms with Gasteiger partial charge in [-0.3, -0.25) is 0 Å². The Kier molecular flexibility index (Phi) is 2.78. The maximum Gasteiger partial charge on any atom is 0.238 e. The summed E-state index contributed by atoms with van der Waals surface area (Å²) in [5.41, 5.74) is 0. The Labute approximate surface area is 111 Å². The lowest BCUT2D eigenvalue weighted by Gasteiger charge is -1.97. The zero-order chi connectivity index (χ0) is 12.8. The number of hydrogen-bond donors (Lipinski definition) is 0. The van der Waals surface area contributed by atoms with E-state index in [0.717, 1.165) is 0 Å². The van der Waals surface area contributed by atoms with Crippen molar-refractivity contribution in [2.24, 2.45) is 0 Å². The second-order valence-electron chi connectivity index (χ2n) is 4.16. The third kappa shape index (κ3) is 2.22. The Balaban J connectivity index is 1.86. The molecule has 3 heterocycles. The molecule has 1 aliphatic heterocycles. The van der Waals surface area contributed by atoms with E-state index in [1.54, 1.807) is 12.1 Å². The van der Waals surface area contributed by atoms with Crippen LogP contribution in [0.4, 0.5) is 0 Å². The van der Waals surface area contributed by atoms with Crippen LogP contribution in [0, 0.1) is 0 Å². The fraction of sp³-hybridized carbons (Fsp3) is 0.400. The molecule has 0 saturated carbocycles. The summed E-state index contributed by atoms with van der Waals surface area (Å²) in [7, 11) is -2.95. The number of hydrogen-bond acceptors (Lipinski definition) is 6. The second kappa shape index (κ2) is 4.20. The van der Waals surface area contributed by atoms with Gasteiger partial charge in [0.15, 0.2) is 20.3 Å². The van der Waals surface area contributed by atoms with Gasteiger partial charge in [0.1, 0.15) is 0 Å². The van der Waals surface area contributed by atoms with Crippen LogP contribution in [0.3, 0.4) is 0 Å². The molecule has 0 unspecified atom stereocenters. The van der Waals surface area contributed by atoms with Crippen molar-refractivity contribution in [3.8, 4) is 11.6 Å². The molecular formula is C10H9BrN2O4S. The molecule has 2 aromatic heterocycles. The van der Waals surface area contributed by atoms with Gasteiger partial charge in [0.2, 0.25) is 11.7 Å². The van der Waals surface area contributed by atoms with Crippen molar-refractivity contribution in [2.75, 3.05) is 11.5 Å². The third-order valence-electron chi connectivity index (χ3n) is 2.82. The van der Waals surface area contributed by atoms with Gasteiger partial charge in [0, 0.05) is 0 Å². The predicted octanol–water partition coefficient (Wildman–Crippen LogP) is 1.99. The summed E-state index contributed by atoms with van der Waals surface area (Å²) in [6.45, 7) is 0. The molecule has 18 heavy (non-hydrogen) atoms. The van der Waals surface area contributed by atoms with E-state index in [1.807, 2.05) is 0 Å². The van der Waals surface area contributed by atoms with Crippen LogP contribution >= 0.6 is 15.9 Å². The fourth-order valence-corrected chi connectivity index (χ4v) is 3.96. The van der Waals surface area contributed by atoms with E-state index >= 15 is 0 Å². The summed E-state index contributed by atoms with van der Waals surface area (Å²) in [5, 5.41) is 3.80. The minimum atomic E-state index is -2.95. The molecule has 0 spiro atoms. The summed E-state index contributed by atoms with van der Waals surface area (Å²) in [6, 6.07) is 3.44. The number of halogens is 1. The van der Waals surface area contributed by atoms with E-state index in [9.17, 15) is 8.42 Å². The summed E-state index contributed by atoms with van der Waals surface area (Å²) >= 11 is 3.19. The molecule has 0 N–H and O–H groups in total. The fourth-order valence-electron chi connectivity index (χ4n) is 1.93. The summed E-state index contributed by atoms with van der Waals surface area (Å²) in [4.78, 5) is 4.18. The quantitative estimate of drug-likeness (QED) is 0.835. The van der Waals surface area contributed by atoms with Crippen LogP contribution in [-0.2, 0) is 9.84 Å². The van der Waals surface area contributed by atoms with Crippen LogP contribution in [0.1, 0.15) is 18.2 Å². The summed E-state index contributed by atoms with van der Waals surface area (Å²) in [5.74, 6) is 1.24. The summed E-state index contributed by atoms with van der Waals surface area (Å²) in [6.07, 6.45) is 0.534. The first-order valence-electron chi connectivity index (χ1n) is 5.33. The molecule has 0 radical (unpaired) electrons. The largest absolute Gasteiger partial charge is 0.446 e. The summed E-state index contributed by atoms with van der Waals surface area (Å²) < 4.78 is 33.7. The highest BCUT2D eigenvalue weighted by atomic mass is 79.9. The molecule has 0 aliphatic carbocycles. The Hall–Kier alpha value is -1.15. The lowest BCUT2D eigenvalue weighted by Crippen LogP contribution is -2.03. The second-order valence-corrected chi connectivity index (χ2v) is 7.17. The molecular weight excluding hydrogens is 324 g/mol. The van der Waals surface area contributed by atoms with Gasteiger partial charge in [0.05, 0.1) is 17.4 Å². The molecule has 1 aliphatic rings. The molecule has 8 heteroatoms. The Bertz CT molecular complexity index is 676. The lowest BCUT2D eigenvalue weighted by atomic mass is 10.1. The molecule has 1 atom stereocenters. The number of furan rings is 1. The van der Waals surface area contributed by atoms with E-state index in [-0.39, 0.29) is 17.4 Å². The van der Waals surface area contributed by atoms with Gasteiger partial charge in [-0.1, -0.05) is 5.16 Å². The number of sulfone groups is 1. The van der Waals surface area contributed by atoms with Crippen LogP contribution in [-0.4, -0.2) is 30.1 Å². The van der Waals surface area contributed by atoms with Crippen molar-refractivity contribution in [2.45, 2.75) is 12.3 Å². The minimum absolute atomic E-state index is 0.0798.